The number of rotatable bonds is 5. The highest BCUT2D eigenvalue weighted by Crippen LogP contribution is 2.19. The molecule has 4 aromatic rings. The first-order chi connectivity index (χ1) is 13.2. The first-order valence-electron chi connectivity index (χ1n) is 8.05. The Morgan fingerprint density at radius 3 is 2.85 bits per heavy atom. The smallest absolute Gasteiger partial charge is 0.255 e. The largest absolute Gasteiger partial charge is 0.321 e. The standard InChI is InChI=1S/C18H15N7OS/c1-27-18-20-7-8-24(18)15-4-2-3-13(9-15)17(26)23-14-5-6-16(21-10-14)25-12-19-11-22-25/h2-12H,1H3,(H,23,26). The second kappa shape index (κ2) is 7.42. The summed E-state index contributed by atoms with van der Waals surface area (Å²) >= 11 is 1.55. The number of benzene rings is 1. The summed E-state index contributed by atoms with van der Waals surface area (Å²) in [6.07, 6.45) is 10.2. The Bertz CT molecular complexity index is 1060. The molecule has 9 heteroatoms. The lowest BCUT2D eigenvalue weighted by Crippen LogP contribution is -2.13. The van der Waals surface area contributed by atoms with Gasteiger partial charge in [0.1, 0.15) is 12.7 Å². The van der Waals surface area contributed by atoms with Gasteiger partial charge in [-0.3, -0.25) is 9.36 Å². The normalized spacial score (nSPS) is 10.7. The van der Waals surface area contributed by atoms with E-state index in [9.17, 15) is 4.79 Å². The summed E-state index contributed by atoms with van der Waals surface area (Å²) in [5.74, 6) is 0.412. The zero-order chi connectivity index (χ0) is 18.6. The van der Waals surface area contributed by atoms with Crippen molar-refractivity contribution in [3.05, 3.63) is 73.2 Å². The summed E-state index contributed by atoms with van der Waals surface area (Å²) in [6.45, 7) is 0. The number of aromatic nitrogens is 6. The molecule has 3 heterocycles. The molecule has 0 aliphatic rings. The van der Waals surface area contributed by atoms with Crippen molar-refractivity contribution in [2.75, 3.05) is 11.6 Å². The zero-order valence-electron chi connectivity index (χ0n) is 14.4. The van der Waals surface area contributed by atoms with Crippen LogP contribution in [-0.4, -0.2) is 41.5 Å². The minimum atomic E-state index is -0.210. The zero-order valence-corrected chi connectivity index (χ0v) is 15.2. The van der Waals surface area contributed by atoms with Gasteiger partial charge in [0.15, 0.2) is 11.0 Å². The van der Waals surface area contributed by atoms with Crippen LogP contribution in [0.5, 0.6) is 0 Å². The lowest BCUT2D eigenvalue weighted by atomic mass is 10.2. The molecular formula is C18H15N7OS. The second-order valence-corrected chi connectivity index (χ2v) is 6.31. The summed E-state index contributed by atoms with van der Waals surface area (Å²) in [7, 11) is 0. The molecule has 1 N–H and O–H groups in total. The molecule has 0 spiro atoms. The van der Waals surface area contributed by atoms with Crippen LogP contribution in [0.15, 0.2) is 72.8 Å². The Kier molecular flexibility index (Phi) is 4.67. The van der Waals surface area contributed by atoms with Gasteiger partial charge in [0, 0.05) is 23.6 Å². The van der Waals surface area contributed by atoms with Gasteiger partial charge in [-0.15, -0.1) is 0 Å². The Hall–Kier alpha value is -3.46. The van der Waals surface area contributed by atoms with Crippen LogP contribution < -0.4 is 5.32 Å². The maximum Gasteiger partial charge on any atom is 0.255 e. The van der Waals surface area contributed by atoms with E-state index < -0.39 is 0 Å². The third-order valence-corrected chi connectivity index (χ3v) is 4.50. The molecule has 1 aromatic carbocycles. The molecule has 8 nitrogen and oxygen atoms in total. The molecular weight excluding hydrogens is 362 g/mol. The number of pyridine rings is 1. The van der Waals surface area contributed by atoms with E-state index >= 15 is 0 Å². The van der Waals surface area contributed by atoms with Gasteiger partial charge in [-0.25, -0.2) is 19.6 Å². The lowest BCUT2D eigenvalue weighted by Gasteiger charge is -2.09. The minimum absolute atomic E-state index is 0.210. The minimum Gasteiger partial charge on any atom is -0.321 e. The molecule has 134 valence electrons. The average Bonchev–Trinajstić information content (AvgIpc) is 3.40. The fourth-order valence-corrected chi connectivity index (χ4v) is 3.09. The number of carbonyl (C=O) groups is 1. The molecule has 4 rings (SSSR count). The van der Waals surface area contributed by atoms with E-state index in [1.165, 1.54) is 6.33 Å². The van der Waals surface area contributed by atoms with Crippen LogP contribution in [0.3, 0.4) is 0 Å². The van der Waals surface area contributed by atoms with Crippen LogP contribution in [0.1, 0.15) is 10.4 Å². The van der Waals surface area contributed by atoms with E-state index in [0.29, 0.717) is 17.1 Å². The molecule has 0 atom stereocenters. The van der Waals surface area contributed by atoms with Gasteiger partial charge in [-0.2, -0.15) is 5.10 Å². The van der Waals surface area contributed by atoms with Crippen LogP contribution >= 0.6 is 11.8 Å². The van der Waals surface area contributed by atoms with Crippen LogP contribution in [0.4, 0.5) is 5.69 Å². The number of hydrogen-bond acceptors (Lipinski definition) is 6. The molecule has 27 heavy (non-hydrogen) atoms. The average molecular weight is 377 g/mol. The summed E-state index contributed by atoms with van der Waals surface area (Å²) in [5, 5.41) is 7.74. The fourth-order valence-electron chi connectivity index (χ4n) is 2.56. The monoisotopic (exact) mass is 377 g/mol. The van der Waals surface area contributed by atoms with Crippen molar-refractivity contribution in [3.8, 4) is 11.5 Å². The number of carbonyl (C=O) groups excluding carboxylic acids is 1. The van der Waals surface area contributed by atoms with Crippen molar-refractivity contribution < 1.29 is 4.79 Å². The quantitative estimate of drug-likeness (QED) is 0.538. The van der Waals surface area contributed by atoms with Crippen molar-refractivity contribution in [1.82, 2.24) is 29.3 Å². The molecule has 0 saturated heterocycles. The van der Waals surface area contributed by atoms with E-state index in [4.69, 9.17) is 0 Å². The van der Waals surface area contributed by atoms with Crippen molar-refractivity contribution in [3.63, 3.8) is 0 Å². The predicted octanol–water partition coefficient (Wildman–Crippen LogP) is 2.82. The number of hydrogen-bond donors (Lipinski definition) is 1. The Labute approximate surface area is 159 Å². The summed E-state index contributed by atoms with van der Waals surface area (Å²) in [5.41, 5.74) is 2.03. The lowest BCUT2D eigenvalue weighted by molar-refractivity contribution is 0.102. The highest BCUT2D eigenvalue weighted by Gasteiger charge is 2.10. The molecule has 0 aliphatic carbocycles. The second-order valence-electron chi connectivity index (χ2n) is 5.53. The number of amides is 1. The molecule has 0 radical (unpaired) electrons. The first kappa shape index (κ1) is 17.0. The summed E-state index contributed by atoms with van der Waals surface area (Å²) < 4.78 is 3.49. The topological polar surface area (TPSA) is 90.5 Å². The van der Waals surface area contributed by atoms with Crippen LogP contribution in [-0.2, 0) is 0 Å². The van der Waals surface area contributed by atoms with Crippen LogP contribution in [0, 0.1) is 0 Å². The van der Waals surface area contributed by atoms with Crippen LogP contribution in [0.25, 0.3) is 11.5 Å². The third kappa shape index (κ3) is 3.58. The van der Waals surface area contributed by atoms with Crippen LogP contribution in [0.2, 0.25) is 0 Å². The first-order valence-corrected chi connectivity index (χ1v) is 9.27. The number of imidazole rings is 1. The van der Waals surface area contributed by atoms with Gasteiger partial charge in [-0.05, 0) is 36.6 Å². The molecule has 3 aromatic heterocycles. The number of nitrogens with one attached hydrogen (secondary N) is 1. The molecule has 0 bridgehead atoms. The van der Waals surface area contributed by atoms with Gasteiger partial charge in [0.25, 0.3) is 5.91 Å². The van der Waals surface area contributed by atoms with Gasteiger partial charge < -0.3 is 5.32 Å². The highest BCUT2D eigenvalue weighted by atomic mass is 32.2. The maximum absolute atomic E-state index is 12.6. The Balaban J connectivity index is 1.52. The summed E-state index contributed by atoms with van der Waals surface area (Å²) in [4.78, 5) is 25.1. The van der Waals surface area contributed by atoms with E-state index in [1.807, 2.05) is 35.2 Å². The van der Waals surface area contributed by atoms with Crippen molar-refractivity contribution in [1.29, 1.82) is 0 Å². The maximum atomic E-state index is 12.6. The van der Waals surface area contributed by atoms with Gasteiger partial charge in [0.05, 0.1) is 11.9 Å². The Morgan fingerprint density at radius 1 is 1.19 bits per heavy atom. The number of anilines is 1. The summed E-state index contributed by atoms with van der Waals surface area (Å²) in [6, 6.07) is 10.9. The third-order valence-electron chi connectivity index (χ3n) is 3.84. The van der Waals surface area contributed by atoms with Gasteiger partial charge in [-0.1, -0.05) is 17.8 Å². The fraction of sp³-hybridized carbons (Fsp3) is 0.0556. The molecule has 0 saturated carbocycles. The molecule has 0 aliphatic heterocycles. The molecule has 0 fully saturated rings. The highest BCUT2D eigenvalue weighted by molar-refractivity contribution is 7.98. The van der Waals surface area contributed by atoms with Crippen molar-refractivity contribution in [2.45, 2.75) is 5.16 Å². The van der Waals surface area contributed by atoms with E-state index in [-0.39, 0.29) is 5.91 Å². The van der Waals surface area contributed by atoms with Crippen molar-refractivity contribution in [2.24, 2.45) is 0 Å². The van der Waals surface area contributed by atoms with E-state index in [0.717, 1.165) is 10.8 Å². The number of thioether (sulfide) groups is 1. The number of nitrogens with zero attached hydrogens (tertiary/aromatic N) is 6. The van der Waals surface area contributed by atoms with Gasteiger partial charge >= 0.3 is 0 Å². The van der Waals surface area contributed by atoms with E-state index in [2.05, 4.69) is 25.4 Å². The SMILES string of the molecule is CSc1nccn1-c1cccc(C(=O)Nc2ccc(-n3cncn3)nc2)c1. The van der Waals surface area contributed by atoms with Gasteiger partial charge in [0.2, 0.25) is 0 Å². The molecule has 1 amide bonds. The van der Waals surface area contributed by atoms with Crippen molar-refractivity contribution >= 4 is 23.4 Å². The Morgan fingerprint density at radius 2 is 2.11 bits per heavy atom. The molecule has 0 unspecified atom stereocenters. The van der Waals surface area contributed by atoms with E-state index in [1.54, 1.807) is 53.4 Å². The predicted molar refractivity (Wildman–Crippen MR) is 102 cm³/mol.